The Labute approximate surface area is 85.7 Å². The molecule has 5 heteroatoms. The topological polar surface area (TPSA) is 49.4 Å². The summed E-state index contributed by atoms with van der Waals surface area (Å²) >= 11 is 0. The summed E-state index contributed by atoms with van der Waals surface area (Å²) < 4.78 is 25.6. The Hall–Kier alpha value is -0.130. The summed E-state index contributed by atoms with van der Waals surface area (Å²) in [6.45, 7) is 4.17. The number of hydrogen-bond acceptors (Lipinski definition) is 3. The van der Waals surface area contributed by atoms with Crippen molar-refractivity contribution in [3.63, 3.8) is 0 Å². The standard InChI is InChI=1S/C9H18N2O2S/c1-8-6-10-4-5-11(8)14(12,13)7-9-2-3-9/h8-10H,2-7H2,1H3/t8-/m0/s1. The van der Waals surface area contributed by atoms with Gasteiger partial charge in [0.1, 0.15) is 0 Å². The molecule has 1 aliphatic heterocycles. The van der Waals surface area contributed by atoms with E-state index in [2.05, 4.69) is 5.32 Å². The van der Waals surface area contributed by atoms with Gasteiger partial charge in [-0.05, 0) is 25.7 Å². The predicted octanol–water partition coefficient (Wildman–Crippen LogP) is 0.0199. The van der Waals surface area contributed by atoms with Crippen LogP contribution in [0.15, 0.2) is 0 Å². The summed E-state index contributed by atoms with van der Waals surface area (Å²) in [5.74, 6) is 0.819. The maximum absolute atomic E-state index is 11.9. The van der Waals surface area contributed by atoms with Crippen molar-refractivity contribution >= 4 is 10.0 Å². The third-order valence-corrected chi connectivity index (χ3v) is 5.09. The average Bonchev–Trinajstić information content (AvgIpc) is 2.88. The van der Waals surface area contributed by atoms with Crippen molar-refractivity contribution in [1.29, 1.82) is 0 Å². The van der Waals surface area contributed by atoms with Gasteiger partial charge < -0.3 is 5.32 Å². The van der Waals surface area contributed by atoms with E-state index in [1.54, 1.807) is 4.31 Å². The van der Waals surface area contributed by atoms with Gasteiger partial charge in [0, 0.05) is 25.7 Å². The van der Waals surface area contributed by atoms with E-state index in [-0.39, 0.29) is 6.04 Å². The van der Waals surface area contributed by atoms with Gasteiger partial charge in [0.25, 0.3) is 0 Å². The maximum atomic E-state index is 11.9. The second kappa shape index (κ2) is 3.79. The number of nitrogens with one attached hydrogen (secondary N) is 1. The fourth-order valence-corrected chi connectivity index (χ4v) is 4.03. The molecule has 4 nitrogen and oxygen atoms in total. The Morgan fingerprint density at radius 1 is 1.43 bits per heavy atom. The molecule has 2 fully saturated rings. The molecule has 2 rings (SSSR count). The zero-order valence-electron chi connectivity index (χ0n) is 8.57. The van der Waals surface area contributed by atoms with Crippen LogP contribution >= 0.6 is 0 Å². The van der Waals surface area contributed by atoms with E-state index in [0.29, 0.717) is 18.2 Å². The van der Waals surface area contributed by atoms with Crippen LogP contribution in [0.25, 0.3) is 0 Å². The summed E-state index contributed by atoms with van der Waals surface area (Å²) in [5, 5.41) is 3.20. The molecular formula is C9H18N2O2S. The SMILES string of the molecule is C[C@H]1CNCCN1S(=O)(=O)CC1CC1. The molecular weight excluding hydrogens is 200 g/mol. The molecule has 0 bridgehead atoms. The summed E-state index contributed by atoms with van der Waals surface area (Å²) in [7, 11) is -2.98. The van der Waals surface area contributed by atoms with Gasteiger partial charge in [0.15, 0.2) is 0 Å². The molecule has 1 saturated heterocycles. The summed E-state index contributed by atoms with van der Waals surface area (Å²) in [6.07, 6.45) is 2.19. The first-order valence-electron chi connectivity index (χ1n) is 5.30. The molecule has 0 aromatic heterocycles. The number of sulfonamides is 1. The van der Waals surface area contributed by atoms with Gasteiger partial charge in [-0.2, -0.15) is 4.31 Å². The van der Waals surface area contributed by atoms with Crippen molar-refractivity contribution in [2.75, 3.05) is 25.4 Å². The van der Waals surface area contributed by atoms with Crippen LogP contribution in [0.2, 0.25) is 0 Å². The highest BCUT2D eigenvalue weighted by Gasteiger charge is 2.34. The van der Waals surface area contributed by atoms with E-state index in [1.165, 1.54) is 0 Å². The number of rotatable bonds is 3. The average molecular weight is 218 g/mol. The van der Waals surface area contributed by atoms with Crippen molar-refractivity contribution in [3.05, 3.63) is 0 Å². The van der Waals surface area contributed by atoms with Gasteiger partial charge in [0.05, 0.1) is 5.75 Å². The molecule has 1 aliphatic carbocycles. The molecule has 2 aliphatic rings. The minimum absolute atomic E-state index is 0.118. The zero-order valence-corrected chi connectivity index (χ0v) is 9.39. The predicted molar refractivity (Wildman–Crippen MR) is 55.5 cm³/mol. The minimum Gasteiger partial charge on any atom is -0.314 e. The molecule has 14 heavy (non-hydrogen) atoms. The van der Waals surface area contributed by atoms with Crippen molar-refractivity contribution < 1.29 is 8.42 Å². The van der Waals surface area contributed by atoms with E-state index < -0.39 is 10.0 Å². The number of hydrogen-bond donors (Lipinski definition) is 1. The lowest BCUT2D eigenvalue weighted by atomic mass is 10.3. The first-order valence-corrected chi connectivity index (χ1v) is 6.91. The largest absolute Gasteiger partial charge is 0.314 e. The molecule has 0 aromatic carbocycles. The zero-order chi connectivity index (χ0) is 10.2. The van der Waals surface area contributed by atoms with E-state index in [4.69, 9.17) is 0 Å². The van der Waals surface area contributed by atoms with Crippen molar-refractivity contribution in [3.8, 4) is 0 Å². The molecule has 0 spiro atoms. The van der Waals surface area contributed by atoms with Crippen molar-refractivity contribution in [1.82, 2.24) is 9.62 Å². The van der Waals surface area contributed by atoms with Crippen LogP contribution < -0.4 is 5.32 Å². The maximum Gasteiger partial charge on any atom is 0.214 e. The fraction of sp³-hybridized carbons (Fsp3) is 1.00. The lowest BCUT2D eigenvalue weighted by molar-refractivity contribution is 0.283. The van der Waals surface area contributed by atoms with Gasteiger partial charge in [0.2, 0.25) is 10.0 Å². The van der Waals surface area contributed by atoms with E-state index in [9.17, 15) is 8.42 Å². The van der Waals surface area contributed by atoms with Crippen LogP contribution in [0, 0.1) is 5.92 Å². The quantitative estimate of drug-likeness (QED) is 0.726. The molecule has 1 saturated carbocycles. The first-order chi connectivity index (χ1) is 6.59. The normalized spacial score (nSPS) is 30.5. The Balaban J connectivity index is 2.02. The first kappa shape index (κ1) is 10.4. The molecule has 1 N–H and O–H groups in total. The fourth-order valence-electron chi connectivity index (χ4n) is 1.91. The van der Waals surface area contributed by atoms with Crippen LogP contribution in [0.4, 0.5) is 0 Å². The van der Waals surface area contributed by atoms with E-state index in [1.807, 2.05) is 6.92 Å². The molecule has 82 valence electrons. The molecule has 0 radical (unpaired) electrons. The van der Waals surface area contributed by atoms with Crippen LogP contribution in [0.3, 0.4) is 0 Å². The van der Waals surface area contributed by atoms with E-state index in [0.717, 1.165) is 25.9 Å². The van der Waals surface area contributed by atoms with Crippen molar-refractivity contribution in [2.45, 2.75) is 25.8 Å². The second-order valence-electron chi connectivity index (χ2n) is 4.39. The van der Waals surface area contributed by atoms with Gasteiger partial charge in [-0.3, -0.25) is 0 Å². The Kier molecular flexibility index (Phi) is 2.81. The Morgan fingerprint density at radius 3 is 2.71 bits per heavy atom. The Morgan fingerprint density at radius 2 is 2.14 bits per heavy atom. The lowest BCUT2D eigenvalue weighted by Crippen LogP contribution is -2.52. The molecule has 0 amide bonds. The van der Waals surface area contributed by atoms with Crippen LogP contribution in [0.1, 0.15) is 19.8 Å². The minimum atomic E-state index is -2.98. The van der Waals surface area contributed by atoms with Gasteiger partial charge >= 0.3 is 0 Å². The van der Waals surface area contributed by atoms with Crippen LogP contribution in [-0.2, 0) is 10.0 Å². The Bertz CT molecular complexity index is 298. The van der Waals surface area contributed by atoms with Crippen LogP contribution in [-0.4, -0.2) is 44.2 Å². The molecule has 1 heterocycles. The van der Waals surface area contributed by atoms with Crippen LogP contribution in [0.5, 0.6) is 0 Å². The second-order valence-corrected chi connectivity index (χ2v) is 6.35. The highest BCUT2D eigenvalue weighted by Crippen LogP contribution is 2.31. The molecule has 0 unspecified atom stereocenters. The summed E-state index contributed by atoms with van der Waals surface area (Å²) in [5.41, 5.74) is 0. The van der Waals surface area contributed by atoms with Gasteiger partial charge in [-0.15, -0.1) is 0 Å². The van der Waals surface area contributed by atoms with E-state index >= 15 is 0 Å². The molecule has 1 atom stereocenters. The number of piperazine rings is 1. The lowest BCUT2D eigenvalue weighted by Gasteiger charge is -2.32. The number of nitrogens with zero attached hydrogens (tertiary/aromatic N) is 1. The molecule has 0 aromatic rings. The monoisotopic (exact) mass is 218 g/mol. The third kappa shape index (κ3) is 2.27. The highest BCUT2D eigenvalue weighted by atomic mass is 32.2. The third-order valence-electron chi connectivity index (χ3n) is 2.94. The van der Waals surface area contributed by atoms with Gasteiger partial charge in [-0.25, -0.2) is 8.42 Å². The summed E-state index contributed by atoms with van der Waals surface area (Å²) in [4.78, 5) is 0. The smallest absolute Gasteiger partial charge is 0.214 e. The highest BCUT2D eigenvalue weighted by molar-refractivity contribution is 7.89. The summed E-state index contributed by atoms with van der Waals surface area (Å²) in [6, 6.07) is 0.118. The van der Waals surface area contributed by atoms with Gasteiger partial charge in [-0.1, -0.05) is 0 Å². The van der Waals surface area contributed by atoms with Crippen molar-refractivity contribution in [2.24, 2.45) is 5.92 Å².